The van der Waals surface area contributed by atoms with Gasteiger partial charge in [-0.3, -0.25) is 4.31 Å². The van der Waals surface area contributed by atoms with Crippen LogP contribution in [0.1, 0.15) is 0 Å². The highest BCUT2D eigenvalue weighted by atomic mass is 33.1. The Kier molecular flexibility index (Phi) is 3.62. The normalized spacial score (nSPS) is 12.5. The molecule has 0 aromatic heterocycles. The van der Waals surface area contributed by atoms with Crippen LogP contribution in [0, 0.1) is 0 Å². The van der Waals surface area contributed by atoms with Crippen LogP contribution in [-0.4, -0.2) is 17.5 Å². The molecule has 0 bridgehead atoms. The third kappa shape index (κ3) is 2.25. The molecule has 12 heavy (non-hydrogen) atoms. The number of para-hydroxylation sites is 1. The zero-order valence-corrected chi connectivity index (χ0v) is 8.69. The largest absolute Gasteiger partial charge is 0.286 e. The molecule has 1 unspecified atom stereocenters. The van der Waals surface area contributed by atoms with Gasteiger partial charge in [0, 0.05) is 12.7 Å². The topological polar surface area (TPSA) is 20.3 Å². The summed E-state index contributed by atoms with van der Waals surface area (Å²) in [6.45, 7) is 0. The van der Waals surface area contributed by atoms with E-state index in [0.29, 0.717) is 0 Å². The van der Waals surface area contributed by atoms with Crippen molar-refractivity contribution >= 4 is 26.5 Å². The first-order valence-corrected chi connectivity index (χ1v) is 6.35. The highest BCUT2D eigenvalue weighted by Crippen LogP contribution is 2.17. The Morgan fingerprint density at radius 2 is 1.92 bits per heavy atom. The SMILES string of the molecule is CSS(=O)N(C)c1ccccc1. The van der Waals surface area contributed by atoms with Gasteiger partial charge in [-0.2, -0.15) is 0 Å². The molecule has 1 atom stereocenters. The van der Waals surface area contributed by atoms with Crippen molar-refractivity contribution in [1.29, 1.82) is 0 Å². The minimum absolute atomic E-state index is 0.973. The number of benzene rings is 1. The molecular weight excluding hydrogens is 190 g/mol. The summed E-state index contributed by atoms with van der Waals surface area (Å²) in [5, 5.41) is 0. The summed E-state index contributed by atoms with van der Waals surface area (Å²) >= 11 is 0. The maximum Gasteiger partial charge on any atom is 0.181 e. The molecule has 0 saturated carbocycles. The second-order valence-electron chi connectivity index (χ2n) is 2.22. The Labute approximate surface area is 79.0 Å². The number of anilines is 1. The molecule has 0 radical (unpaired) electrons. The van der Waals surface area contributed by atoms with Crippen LogP contribution in [-0.2, 0) is 10.0 Å². The van der Waals surface area contributed by atoms with Crippen molar-refractivity contribution in [3.05, 3.63) is 30.3 Å². The Bertz CT molecular complexity index is 263. The summed E-state index contributed by atoms with van der Waals surface area (Å²) < 4.78 is 13.1. The summed E-state index contributed by atoms with van der Waals surface area (Å²) in [7, 11) is 2.17. The molecule has 66 valence electrons. The molecule has 0 aliphatic carbocycles. The predicted octanol–water partition coefficient (Wildman–Crippen LogP) is 2.06. The molecule has 0 aliphatic rings. The highest BCUT2D eigenvalue weighted by Gasteiger charge is 2.05. The summed E-state index contributed by atoms with van der Waals surface area (Å²) in [5.74, 6) is 0. The van der Waals surface area contributed by atoms with Crippen LogP contribution in [0.15, 0.2) is 30.3 Å². The first-order chi connectivity index (χ1) is 5.75. The molecule has 1 aromatic rings. The van der Waals surface area contributed by atoms with Crippen LogP contribution in [0.5, 0.6) is 0 Å². The maximum atomic E-state index is 11.3. The smallest absolute Gasteiger partial charge is 0.181 e. The Balaban J connectivity index is 2.78. The minimum atomic E-state index is -0.973. The van der Waals surface area contributed by atoms with E-state index in [2.05, 4.69) is 0 Å². The molecule has 0 saturated heterocycles. The minimum Gasteiger partial charge on any atom is -0.286 e. The van der Waals surface area contributed by atoms with Gasteiger partial charge < -0.3 is 0 Å². The molecule has 0 heterocycles. The van der Waals surface area contributed by atoms with Crippen molar-refractivity contribution in [1.82, 2.24) is 0 Å². The maximum absolute atomic E-state index is 11.3. The summed E-state index contributed by atoms with van der Waals surface area (Å²) in [4.78, 5) is 0. The van der Waals surface area contributed by atoms with Gasteiger partial charge in [0.25, 0.3) is 0 Å². The fourth-order valence-corrected chi connectivity index (χ4v) is 2.28. The van der Waals surface area contributed by atoms with Gasteiger partial charge in [0.2, 0.25) is 0 Å². The Morgan fingerprint density at radius 3 is 2.42 bits per heavy atom. The standard InChI is InChI=1S/C8H11NOS2/c1-9(12(10)11-2)8-6-4-3-5-7-8/h3-7H,1-2H3. The zero-order valence-electron chi connectivity index (χ0n) is 7.06. The number of rotatable bonds is 3. The van der Waals surface area contributed by atoms with Crippen molar-refractivity contribution < 1.29 is 4.21 Å². The van der Waals surface area contributed by atoms with Crippen molar-refractivity contribution in [2.45, 2.75) is 0 Å². The first kappa shape index (κ1) is 9.61. The van der Waals surface area contributed by atoms with Gasteiger partial charge in [0.1, 0.15) is 0 Å². The summed E-state index contributed by atoms with van der Waals surface area (Å²) in [6, 6.07) is 9.69. The van der Waals surface area contributed by atoms with Crippen molar-refractivity contribution in [3.8, 4) is 0 Å². The van der Waals surface area contributed by atoms with Gasteiger partial charge in [-0.15, -0.1) is 0 Å². The lowest BCUT2D eigenvalue weighted by atomic mass is 10.3. The van der Waals surface area contributed by atoms with Crippen LogP contribution >= 0.6 is 10.8 Å². The quantitative estimate of drug-likeness (QED) is 0.698. The second kappa shape index (κ2) is 4.52. The fraction of sp³-hybridized carbons (Fsp3) is 0.250. The van der Waals surface area contributed by atoms with Crippen molar-refractivity contribution in [2.75, 3.05) is 17.6 Å². The van der Waals surface area contributed by atoms with Gasteiger partial charge in [-0.25, -0.2) is 4.21 Å². The average Bonchev–Trinajstić information content (AvgIpc) is 2.17. The van der Waals surface area contributed by atoms with E-state index in [9.17, 15) is 4.21 Å². The Morgan fingerprint density at radius 1 is 1.33 bits per heavy atom. The summed E-state index contributed by atoms with van der Waals surface area (Å²) in [6.07, 6.45) is 1.83. The van der Waals surface area contributed by atoms with E-state index in [4.69, 9.17) is 0 Å². The van der Waals surface area contributed by atoms with Crippen LogP contribution < -0.4 is 4.31 Å². The second-order valence-corrected chi connectivity index (χ2v) is 5.39. The lowest BCUT2D eigenvalue weighted by Gasteiger charge is -2.15. The molecule has 4 heteroatoms. The molecule has 2 nitrogen and oxygen atoms in total. The fourth-order valence-electron chi connectivity index (χ4n) is 0.836. The molecular formula is C8H11NOS2. The van der Waals surface area contributed by atoms with E-state index in [0.717, 1.165) is 5.69 Å². The van der Waals surface area contributed by atoms with Crippen molar-refractivity contribution in [2.24, 2.45) is 0 Å². The van der Waals surface area contributed by atoms with E-state index in [1.807, 2.05) is 43.6 Å². The lowest BCUT2D eigenvalue weighted by molar-refractivity contribution is 0.690. The van der Waals surface area contributed by atoms with Crippen LogP contribution in [0.3, 0.4) is 0 Å². The van der Waals surface area contributed by atoms with Gasteiger partial charge >= 0.3 is 0 Å². The molecule has 1 rings (SSSR count). The van der Waals surface area contributed by atoms with Gasteiger partial charge in [0.05, 0.1) is 0 Å². The first-order valence-electron chi connectivity index (χ1n) is 3.51. The zero-order chi connectivity index (χ0) is 8.97. The predicted molar refractivity (Wildman–Crippen MR) is 56.5 cm³/mol. The van der Waals surface area contributed by atoms with Crippen LogP contribution in [0.4, 0.5) is 5.69 Å². The monoisotopic (exact) mass is 201 g/mol. The van der Waals surface area contributed by atoms with Crippen molar-refractivity contribution in [3.63, 3.8) is 0 Å². The number of nitrogens with zero attached hydrogens (tertiary/aromatic N) is 1. The van der Waals surface area contributed by atoms with Gasteiger partial charge in [-0.05, 0) is 29.2 Å². The molecule has 0 spiro atoms. The molecule has 0 N–H and O–H groups in total. The number of hydrogen-bond acceptors (Lipinski definition) is 2. The highest BCUT2D eigenvalue weighted by molar-refractivity contribution is 8.69. The number of hydrogen-bond donors (Lipinski definition) is 0. The van der Waals surface area contributed by atoms with E-state index < -0.39 is 10.0 Å². The molecule has 0 aliphatic heterocycles. The Hall–Kier alpha value is -0.480. The van der Waals surface area contributed by atoms with Gasteiger partial charge in [0.15, 0.2) is 10.0 Å². The van der Waals surface area contributed by atoms with E-state index >= 15 is 0 Å². The van der Waals surface area contributed by atoms with Gasteiger partial charge in [-0.1, -0.05) is 18.2 Å². The third-order valence-electron chi connectivity index (χ3n) is 1.49. The third-order valence-corrected chi connectivity index (χ3v) is 3.96. The lowest BCUT2D eigenvalue weighted by Crippen LogP contribution is -2.16. The van der Waals surface area contributed by atoms with E-state index in [1.54, 1.807) is 4.31 Å². The van der Waals surface area contributed by atoms with E-state index in [-0.39, 0.29) is 0 Å². The average molecular weight is 201 g/mol. The molecule has 1 aromatic carbocycles. The van der Waals surface area contributed by atoms with Crippen LogP contribution in [0.2, 0.25) is 0 Å². The van der Waals surface area contributed by atoms with E-state index in [1.165, 1.54) is 10.8 Å². The van der Waals surface area contributed by atoms with Crippen LogP contribution in [0.25, 0.3) is 0 Å². The molecule has 0 amide bonds. The summed E-state index contributed by atoms with van der Waals surface area (Å²) in [5.41, 5.74) is 0.977. The molecule has 0 fully saturated rings.